The molecule has 3 rings (SSSR count). The molecule has 0 saturated carbocycles. The fourth-order valence-electron chi connectivity index (χ4n) is 2.43. The minimum atomic E-state index is 0.481. The molecule has 1 aliphatic rings. The quantitative estimate of drug-likeness (QED) is 0.875. The molecule has 3 heteroatoms. The molecule has 0 spiro atoms. The Kier molecular flexibility index (Phi) is 3.33. The average molecular weight is 239 g/mol. The zero-order chi connectivity index (χ0) is 12.2. The van der Waals surface area contributed by atoms with Crippen LogP contribution in [0.4, 0.5) is 0 Å². The highest BCUT2D eigenvalue weighted by molar-refractivity contribution is 5.57. The SMILES string of the molecule is c1cncc(-c2ccc([C@H]3CCCCN3)cn2)c1. The smallest absolute Gasteiger partial charge is 0.0717 e. The number of nitrogens with zero attached hydrogens (tertiary/aromatic N) is 2. The van der Waals surface area contributed by atoms with E-state index in [1.165, 1.54) is 24.8 Å². The zero-order valence-corrected chi connectivity index (χ0v) is 10.3. The maximum absolute atomic E-state index is 4.54. The molecule has 1 atom stereocenters. The van der Waals surface area contributed by atoms with Gasteiger partial charge in [0.25, 0.3) is 0 Å². The van der Waals surface area contributed by atoms with Gasteiger partial charge in [0, 0.05) is 30.2 Å². The second-order valence-corrected chi connectivity index (χ2v) is 4.72. The van der Waals surface area contributed by atoms with E-state index in [1.807, 2.05) is 24.5 Å². The highest BCUT2D eigenvalue weighted by Crippen LogP contribution is 2.24. The molecular weight excluding hydrogens is 222 g/mol. The molecule has 1 saturated heterocycles. The molecule has 1 aliphatic heterocycles. The zero-order valence-electron chi connectivity index (χ0n) is 10.3. The van der Waals surface area contributed by atoms with Crippen LogP contribution in [0.3, 0.4) is 0 Å². The van der Waals surface area contributed by atoms with Gasteiger partial charge in [-0.2, -0.15) is 0 Å². The van der Waals surface area contributed by atoms with Crippen molar-refractivity contribution >= 4 is 0 Å². The first-order valence-corrected chi connectivity index (χ1v) is 6.53. The van der Waals surface area contributed by atoms with Gasteiger partial charge in [0.05, 0.1) is 5.69 Å². The lowest BCUT2D eigenvalue weighted by molar-refractivity contribution is 0.411. The Morgan fingerprint density at radius 3 is 2.78 bits per heavy atom. The van der Waals surface area contributed by atoms with Crippen molar-refractivity contribution in [2.75, 3.05) is 6.54 Å². The second kappa shape index (κ2) is 5.27. The van der Waals surface area contributed by atoms with E-state index >= 15 is 0 Å². The van der Waals surface area contributed by atoms with Gasteiger partial charge in [0.15, 0.2) is 0 Å². The van der Waals surface area contributed by atoms with Crippen LogP contribution < -0.4 is 5.32 Å². The minimum absolute atomic E-state index is 0.481. The summed E-state index contributed by atoms with van der Waals surface area (Å²) in [7, 11) is 0. The maximum Gasteiger partial charge on any atom is 0.0717 e. The van der Waals surface area contributed by atoms with Gasteiger partial charge in [0.2, 0.25) is 0 Å². The van der Waals surface area contributed by atoms with Crippen LogP contribution in [-0.4, -0.2) is 16.5 Å². The second-order valence-electron chi connectivity index (χ2n) is 4.72. The Balaban J connectivity index is 1.80. The lowest BCUT2D eigenvalue weighted by atomic mass is 9.98. The predicted molar refractivity (Wildman–Crippen MR) is 72.1 cm³/mol. The number of pyridine rings is 2. The van der Waals surface area contributed by atoms with E-state index in [9.17, 15) is 0 Å². The molecule has 1 fully saturated rings. The summed E-state index contributed by atoms with van der Waals surface area (Å²) in [6, 6.07) is 8.72. The van der Waals surface area contributed by atoms with E-state index in [-0.39, 0.29) is 0 Å². The first-order chi connectivity index (χ1) is 8.93. The molecule has 0 unspecified atom stereocenters. The van der Waals surface area contributed by atoms with Gasteiger partial charge in [-0.1, -0.05) is 12.5 Å². The lowest BCUT2D eigenvalue weighted by Gasteiger charge is -2.23. The summed E-state index contributed by atoms with van der Waals surface area (Å²) in [5, 5.41) is 3.54. The van der Waals surface area contributed by atoms with E-state index in [0.29, 0.717) is 6.04 Å². The fourth-order valence-corrected chi connectivity index (χ4v) is 2.43. The molecule has 0 radical (unpaired) electrons. The van der Waals surface area contributed by atoms with Crippen LogP contribution in [0.5, 0.6) is 0 Å². The van der Waals surface area contributed by atoms with Crippen molar-refractivity contribution in [3.05, 3.63) is 48.4 Å². The third-order valence-electron chi connectivity index (χ3n) is 3.46. The molecule has 0 bridgehead atoms. The average Bonchev–Trinajstić information content (AvgIpc) is 2.49. The molecule has 1 N–H and O–H groups in total. The molecule has 3 heterocycles. The van der Waals surface area contributed by atoms with Crippen LogP contribution in [0.1, 0.15) is 30.9 Å². The van der Waals surface area contributed by atoms with Crippen LogP contribution in [0.2, 0.25) is 0 Å². The summed E-state index contributed by atoms with van der Waals surface area (Å²) in [6.45, 7) is 1.12. The summed E-state index contributed by atoms with van der Waals surface area (Å²) in [5.41, 5.74) is 3.35. The molecule has 0 amide bonds. The van der Waals surface area contributed by atoms with Crippen molar-refractivity contribution < 1.29 is 0 Å². The third-order valence-corrected chi connectivity index (χ3v) is 3.46. The first kappa shape index (κ1) is 11.4. The Morgan fingerprint density at radius 2 is 2.11 bits per heavy atom. The number of nitrogens with one attached hydrogen (secondary N) is 1. The Labute approximate surface area is 107 Å². The van der Waals surface area contributed by atoms with Crippen LogP contribution in [0.15, 0.2) is 42.9 Å². The summed E-state index contributed by atoms with van der Waals surface area (Å²) in [4.78, 5) is 8.67. The highest BCUT2D eigenvalue weighted by Gasteiger charge is 2.14. The largest absolute Gasteiger partial charge is 0.310 e. The predicted octanol–water partition coefficient (Wildman–Crippen LogP) is 2.96. The van der Waals surface area contributed by atoms with Crippen molar-refractivity contribution in [3.63, 3.8) is 0 Å². The number of hydrogen-bond donors (Lipinski definition) is 1. The standard InChI is InChI=1S/C15H17N3/c1-2-9-17-14(5-1)13-6-7-15(18-11-13)12-4-3-8-16-10-12/h3-4,6-8,10-11,14,17H,1-2,5,9H2/t14-/m1/s1. The number of piperidine rings is 1. The molecule has 0 aliphatic carbocycles. The van der Waals surface area contributed by atoms with Gasteiger partial charge < -0.3 is 5.32 Å². The van der Waals surface area contributed by atoms with Crippen molar-refractivity contribution in [1.29, 1.82) is 0 Å². The van der Waals surface area contributed by atoms with Crippen molar-refractivity contribution in [2.45, 2.75) is 25.3 Å². The molecule has 92 valence electrons. The monoisotopic (exact) mass is 239 g/mol. The van der Waals surface area contributed by atoms with Crippen molar-refractivity contribution in [2.24, 2.45) is 0 Å². The first-order valence-electron chi connectivity index (χ1n) is 6.53. The van der Waals surface area contributed by atoms with Crippen LogP contribution in [-0.2, 0) is 0 Å². The lowest BCUT2D eigenvalue weighted by Crippen LogP contribution is -2.26. The molecule has 3 nitrogen and oxygen atoms in total. The summed E-state index contributed by atoms with van der Waals surface area (Å²) in [5.74, 6) is 0. The van der Waals surface area contributed by atoms with Gasteiger partial charge in [-0.15, -0.1) is 0 Å². The Bertz CT molecular complexity index is 487. The third kappa shape index (κ3) is 2.41. The normalized spacial score (nSPS) is 19.7. The van der Waals surface area contributed by atoms with Gasteiger partial charge in [-0.25, -0.2) is 0 Å². The maximum atomic E-state index is 4.54. The summed E-state index contributed by atoms with van der Waals surface area (Å²) < 4.78 is 0. The van der Waals surface area contributed by atoms with E-state index in [1.54, 1.807) is 6.20 Å². The van der Waals surface area contributed by atoms with Gasteiger partial charge >= 0.3 is 0 Å². The van der Waals surface area contributed by atoms with Gasteiger partial charge in [0.1, 0.15) is 0 Å². The topological polar surface area (TPSA) is 37.8 Å². The molecule has 0 aromatic carbocycles. The fraction of sp³-hybridized carbons (Fsp3) is 0.333. The summed E-state index contributed by atoms with van der Waals surface area (Å²) in [6.07, 6.45) is 9.43. The van der Waals surface area contributed by atoms with Crippen LogP contribution in [0, 0.1) is 0 Å². The number of rotatable bonds is 2. The van der Waals surface area contributed by atoms with Crippen molar-refractivity contribution in [3.8, 4) is 11.3 Å². The Hall–Kier alpha value is -1.74. The van der Waals surface area contributed by atoms with E-state index in [0.717, 1.165) is 17.8 Å². The number of aromatic nitrogens is 2. The molecule has 18 heavy (non-hydrogen) atoms. The van der Waals surface area contributed by atoms with E-state index in [2.05, 4.69) is 27.4 Å². The van der Waals surface area contributed by atoms with Crippen LogP contribution in [0.25, 0.3) is 11.3 Å². The minimum Gasteiger partial charge on any atom is -0.310 e. The van der Waals surface area contributed by atoms with E-state index in [4.69, 9.17) is 0 Å². The molecular formula is C15H17N3. The number of hydrogen-bond acceptors (Lipinski definition) is 3. The molecule has 2 aromatic heterocycles. The summed E-state index contributed by atoms with van der Waals surface area (Å²) >= 11 is 0. The molecule has 2 aromatic rings. The highest BCUT2D eigenvalue weighted by atomic mass is 14.9. The van der Waals surface area contributed by atoms with Crippen LogP contribution >= 0.6 is 0 Å². The van der Waals surface area contributed by atoms with Crippen molar-refractivity contribution in [1.82, 2.24) is 15.3 Å². The van der Waals surface area contributed by atoms with E-state index < -0.39 is 0 Å². The van der Waals surface area contributed by atoms with Gasteiger partial charge in [-0.05, 0) is 43.1 Å². The Morgan fingerprint density at radius 1 is 1.11 bits per heavy atom. The van der Waals surface area contributed by atoms with Gasteiger partial charge in [-0.3, -0.25) is 9.97 Å².